The van der Waals surface area contributed by atoms with Crippen LogP contribution in [-0.4, -0.2) is 83.6 Å². The summed E-state index contributed by atoms with van der Waals surface area (Å²) in [6.45, 7) is -0.588. The van der Waals surface area contributed by atoms with E-state index in [0.29, 0.717) is 16.7 Å². The van der Waals surface area contributed by atoms with Crippen LogP contribution in [0.4, 0.5) is 0 Å². The summed E-state index contributed by atoms with van der Waals surface area (Å²) >= 11 is 0. The van der Waals surface area contributed by atoms with E-state index in [0.717, 1.165) is 0 Å². The van der Waals surface area contributed by atoms with Crippen molar-refractivity contribution in [1.82, 2.24) is 10.6 Å². The van der Waals surface area contributed by atoms with E-state index < -0.39 is 43.2 Å². The second kappa shape index (κ2) is 10.1. The van der Waals surface area contributed by atoms with Crippen LogP contribution in [0, 0.1) is 0 Å². The molecule has 1 aliphatic rings. The second-order valence-corrected chi connectivity index (χ2v) is 7.26. The molecule has 5 unspecified atom stereocenters. The summed E-state index contributed by atoms with van der Waals surface area (Å²) in [5.74, 6) is -0.528. The van der Waals surface area contributed by atoms with Crippen molar-refractivity contribution in [1.29, 1.82) is 0 Å². The number of carbonyl (C=O) groups excluding carboxylic acids is 2. The molecule has 10 nitrogen and oxygen atoms in total. The first-order chi connectivity index (χ1) is 15.3. The first-order valence-electron chi connectivity index (χ1n) is 9.96. The lowest BCUT2D eigenvalue weighted by Gasteiger charge is -2.39. The summed E-state index contributed by atoms with van der Waals surface area (Å²) in [4.78, 5) is 24.5. The average Bonchev–Trinajstić information content (AvgIpc) is 2.83. The van der Waals surface area contributed by atoms with Crippen LogP contribution in [0.1, 0.15) is 20.7 Å². The zero-order valence-electron chi connectivity index (χ0n) is 17.6. The SMILES string of the molecule is CNC(=O)c1cccc(-c2ccc(OC3OC(CO)C(O)C(O)C3O)cc2C(=O)NC)c1. The predicted octanol–water partition coefficient (Wildman–Crippen LogP) is -0.749. The molecule has 1 heterocycles. The third-order valence-corrected chi connectivity index (χ3v) is 5.23. The van der Waals surface area contributed by atoms with E-state index >= 15 is 0 Å². The Morgan fingerprint density at radius 2 is 1.69 bits per heavy atom. The monoisotopic (exact) mass is 446 g/mol. The maximum Gasteiger partial charge on any atom is 0.251 e. The first-order valence-corrected chi connectivity index (χ1v) is 9.96. The third kappa shape index (κ3) is 4.74. The number of carbonyl (C=O) groups is 2. The van der Waals surface area contributed by atoms with Crippen LogP contribution in [0.2, 0.25) is 0 Å². The van der Waals surface area contributed by atoms with Crippen molar-refractivity contribution in [2.45, 2.75) is 30.7 Å². The fourth-order valence-corrected chi connectivity index (χ4v) is 3.44. The van der Waals surface area contributed by atoms with Gasteiger partial charge in [0.2, 0.25) is 6.29 Å². The second-order valence-electron chi connectivity index (χ2n) is 7.26. The number of rotatable bonds is 6. The van der Waals surface area contributed by atoms with Crippen LogP contribution in [0.25, 0.3) is 11.1 Å². The summed E-state index contributed by atoms with van der Waals surface area (Å²) in [6, 6.07) is 11.3. The number of nitrogens with one attached hydrogen (secondary N) is 2. The minimum Gasteiger partial charge on any atom is -0.462 e. The number of aliphatic hydroxyl groups excluding tert-OH is 4. The van der Waals surface area contributed by atoms with Gasteiger partial charge in [-0.2, -0.15) is 0 Å². The van der Waals surface area contributed by atoms with Crippen LogP contribution in [0.5, 0.6) is 5.75 Å². The Balaban J connectivity index is 1.94. The standard InChI is InChI=1S/C22H26N2O8/c1-23-20(29)12-5-3-4-11(8-12)14-7-6-13(9-15(14)21(30)24-2)31-22-19(28)18(27)17(26)16(10-25)32-22/h3-9,16-19,22,25-28H,10H2,1-2H3,(H,23,29)(H,24,30). The molecule has 2 aromatic rings. The lowest BCUT2D eigenvalue weighted by Crippen LogP contribution is -2.60. The molecule has 5 atom stereocenters. The van der Waals surface area contributed by atoms with Gasteiger partial charge in [0.1, 0.15) is 30.2 Å². The van der Waals surface area contributed by atoms with Gasteiger partial charge < -0.3 is 40.5 Å². The maximum absolute atomic E-state index is 12.6. The van der Waals surface area contributed by atoms with Crippen molar-refractivity contribution in [2.75, 3.05) is 20.7 Å². The van der Waals surface area contributed by atoms with Gasteiger partial charge in [-0.3, -0.25) is 9.59 Å². The molecular weight excluding hydrogens is 420 g/mol. The highest BCUT2D eigenvalue weighted by Crippen LogP contribution is 2.30. The number of amides is 2. The molecule has 2 amide bonds. The maximum atomic E-state index is 12.6. The van der Waals surface area contributed by atoms with Gasteiger partial charge in [-0.1, -0.05) is 12.1 Å². The smallest absolute Gasteiger partial charge is 0.251 e. The van der Waals surface area contributed by atoms with Crippen molar-refractivity contribution in [3.63, 3.8) is 0 Å². The molecule has 10 heteroatoms. The Kier molecular flexibility index (Phi) is 7.44. The largest absolute Gasteiger partial charge is 0.462 e. The molecule has 0 aromatic heterocycles. The Morgan fingerprint density at radius 3 is 2.34 bits per heavy atom. The van der Waals surface area contributed by atoms with Crippen molar-refractivity contribution >= 4 is 11.8 Å². The Morgan fingerprint density at radius 1 is 0.969 bits per heavy atom. The highest BCUT2D eigenvalue weighted by atomic mass is 16.7. The molecule has 32 heavy (non-hydrogen) atoms. The average molecular weight is 446 g/mol. The van der Waals surface area contributed by atoms with Crippen molar-refractivity contribution in [3.05, 3.63) is 53.6 Å². The fraction of sp³-hybridized carbons (Fsp3) is 0.364. The van der Waals surface area contributed by atoms with E-state index in [9.17, 15) is 30.0 Å². The molecule has 0 spiro atoms. The van der Waals surface area contributed by atoms with Crippen molar-refractivity contribution in [3.8, 4) is 16.9 Å². The quantitative estimate of drug-likeness (QED) is 0.338. The number of hydrogen-bond acceptors (Lipinski definition) is 8. The zero-order chi connectivity index (χ0) is 23.4. The van der Waals surface area contributed by atoms with Crippen LogP contribution in [-0.2, 0) is 4.74 Å². The summed E-state index contributed by atoms with van der Waals surface area (Å²) in [5.41, 5.74) is 1.83. The molecule has 0 bridgehead atoms. The van der Waals surface area contributed by atoms with Gasteiger partial charge in [0.05, 0.1) is 12.2 Å². The van der Waals surface area contributed by atoms with Gasteiger partial charge >= 0.3 is 0 Å². The Labute approximate surface area is 184 Å². The normalized spacial score (nSPS) is 25.1. The van der Waals surface area contributed by atoms with E-state index in [1.807, 2.05) is 0 Å². The van der Waals surface area contributed by atoms with Gasteiger partial charge in [-0.25, -0.2) is 0 Å². The van der Waals surface area contributed by atoms with Gasteiger partial charge in [0.15, 0.2) is 0 Å². The van der Waals surface area contributed by atoms with Gasteiger partial charge in [0.25, 0.3) is 11.8 Å². The molecular formula is C22H26N2O8. The molecule has 3 rings (SSSR count). The minimum atomic E-state index is -1.59. The molecule has 0 saturated carbocycles. The summed E-state index contributed by atoms with van der Waals surface area (Å²) < 4.78 is 11.0. The first kappa shape index (κ1) is 23.6. The Hall–Kier alpha value is -3.02. The van der Waals surface area contributed by atoms with Crippen LogP contribution < -0.4 is 15.4 Å². The van der Waals surface area contributed by atoms with Crippen LogP contribution in [0.3, 0.4) is 0 Å². The van der Waals surface area contributed by atoms with Crippen LogP contribution >= 0.6 is 0 Å². The van der Waals surface area contributed by atoms with Crippen molar-refractivity contribution in [2.24, 2.45) is 0 Å². The Bertz CT molecular complexity index is 980. The highest BCUT2D eigenvalue weighted by Gasteiger charge is 2.44. The van der Waals surface area contributed by atoms with E-state index in [1.54, 1.807) is 30.3 Å². The van der Waals surface area contributed by atoms with E-state index in [-0.39, 0.29) is 17.2 Å². The van der Waals surface area contributed by atoms with E-state index in [1.165, 1.54) is 26.2 Å². The summed E-state index contributed by atoms with van der Waals surface area (Å²) in [5, 5.41) is 44.5. The lowest BCUT2D eigenvalue weighted by molar-refractivity contribution is -0.277. The fourth-order valence-electron chi connectivity index (χ4n) is 3.44. The molecule has 1 fully saturated rings. The van der Waals surface area contributed by atoms with Gasteiger partial charge in [-0.15, -0.1) is 0 Å². The number of ether oxygens (including phenoxy) is 2. The van der Waals surface area contributed by atoms with Gasteiger partial charge in [0, 0.05) is 19.7 Å². The minimum absolute atomic E-state index is 0.152. The lowest BCUT2D eigenvalue weighted by atomic mass is 9.97. The highest BCUT2D eigenvalue weighted by molar-refractivity contribution is 6.02. The van der Waals surface area contributed by atoms with Gasteiger partial charge in [-0.05, 0) is 41.5 Å². The number of aliphatic hydroxyl groups is 4. The molecule has 6 N–H and O–H groups in total. The molecule has 1 aliphatic heterocycles. The molecule has 2 aromatic carbocycles. The van der Waals surface area contributed by atoms with Crippen LogP contribution in [0.15, 0.2) is 42.5 Å². The predicted molar refractivity (Wildman–Crippen MR) is 113 cm³/mol. The van der Waals surface area contributed by atoms with E-state index in [4.69, 9.17) is 9.47 Å². The number of benzene rings is 2. The van der Waals surface area contributed by atoms with E-state index in [2.05, 4.69) is 10.6 Å². The topological polar surface area (TPSA) is 158 Å². The molecule has 1 saturated heterocycles. The van der Waals surface area contributed by atoms with Crippen molar-refractivity contribution < 1.29 is 39.5 Å². The number of hydrogen-bond donors (Lipinski definition) is 6. The molecule has 0 aliphatic carbocycles. The zero-order valence-corrected chi connectivity index (χ0v) is 17.6. The molecule has 172 valence electrons. The summed E-state index contributed by atoms with van der Waals surface area (Å²) in [6.07, 6.45) is -7.18. The third-order valence-electron chi connectivity index (χ3n) is 5.23. The summed E-state index contributed by atoms with van der Waals surface area (Å²) in [7, 11) is 2.99. The molecule has 0 radical (unpaired) electrons.